The van der Waals surface area contributed by atoms with Crippen molar-refractivity contribution in [2.24, 2.45) is 5.92 Å². The number of hydrogen-bond acceptors (Lipinski definition) is 2. The summed E-state index contributed by atoms with van der Waals surface area (Å²) in [6, 6.07) is 8.46. The van der Waals surface area contributed by atoms with E-state index >= 15 is 0 Å². The molecule has 0 unspecified atom stereocenters. The van der Waals surface area contributed by atoms with Gasteiger partial charge < -0.3 is 9.30 Å². The van der Waals surface area contributed by atoms with Crippen LogP contribution in [0.2, 0.25) is 0 Å². The highest BCUT2D eigenvalue weighted by atomic mass is 16.5. The van der Waals surface area contributed by atoms with Crippen LogP contribution in [-0.4, -0.2) is 9.55 Å². The summed E-state index contributed by atoms with van der Waals surface area (Å²) in [5.41, 5.74) is 7.46. The van der Waals surface area contributed by atoms with Crippen LogP contribution in [0.3, 0.4) is 0 Å². The van der Waals surface area contributed by atoms with Crippen LogP contribution in [0.25, 0.3) is 10.9 Å². The Balaban J connectivity index is 1.70. The Hall–Kier alpha value is -2.29. The average Bonchev–Trinajstić information content (AvgIpc) is 3.38. The van der Waals surface area contributed by atoms with Crippen molar-refractivity contribution in [1.29, 1.82) is 0 Å². The molecule has 3 heteroatoms. The van der Waals surface area contributed by atoms with Crippen molar-refractivity contribution < 1.29 is 4.74 Å². The fourth-order valence-electron chi connectivity index (χ4n) is 3.67. The number of hydrogen-bond donors (Lipinski definition) is 0. The third-order valence-electron chi connectivity index (χ3n) is 5.45. The maximum absolute atomic E-state index is 6.13. The lowest BCUT2D eigenvalue weighted by Gasteiger charge is -2.13. The van der Waals surface area contributed by atoms with E-state index < -0.39 is 0 Å². The van der Waals surface area contributed by atoms with Gasteiger partial charge in [-0.15, -0.1) is 0 Å². The molecule has 25 heavy (non-hydrogen) atoms. The lowest BCUT2D eigenvalue weighted by molar-refractivity contribution is 0.300. The first-order valence-electron chi connectivity index (χ1n) is 9.18. The van der Waals surface area contributed by atoms with Crippen molar-refractivity contribution in [2.75, 3.05) is 0 Å². The van der Waals surface area contributed by atoms with Gasteiger partial charge in [-0.1, -0.05) is 17.7 Å². The first-order valence-corrected chi connectivity index (χ1v) is 9.18. The Labute approximate surface area is 149 Å². The summed E-state index contributed by atoms with van der Waals surface area (Å²) < 4.78 is 8.60. The fraction of sp³-hybridized carbons (Fsp3) is 0.409. The quantitative estimate of drug-likeness (QED) is 0.636. The lowest BCUT2D eigenvalue weighted by Crippen LogP contribution is -2.07. The van der Waals surface area contributed by atoms with Gasteiger partial charge in [0, 0.05) is 23.8 Å². The van der Waals surface area contributed by atoms with E-state index in [1.165, 1.54) is 46.1 Å². The number of aryl methyl sites for hydroxylation is 3. The molecule has 130 valence electrons. The minimum absolute atomic E-state index is 0.509. The standard InChI is InChI=1S/C22H26N2O/c1-14-5-8-21(15(2)11-14)25-13-20-22-19(9-10-23-20)16(3)17(4)24(22)12-18-6-7-18/h5,8-11,18H,6-7,12-13H2,1-4H3. The van der Waals surface area contributed by atoms with Crippen LogP contribution >= 0.6 is 0 Å². The molecular formula is C22H26N2O. The van der Waals surface area contributed by atoms with Crippen LogP contribution < -0.4 is 4.74 Å². The number of rotatable bonds is 5. The molecule has 1 saturated carbocycles. The van der Waals surface area contributed by atoms with Crippen molar-refractivity contribution in [2.45, 2.75) is 53.7 Å². The summed E-state index contributed by atoms with van der Waals surface area (Å²) >= 11 is 0. The van der Waals surface area contributed by atoms with Gasteiger partial charge >= 0.3 is 0 Å². The SMILES string of the molecule is Cc1ccc(OCc2nccc3c(C)c(C)n(CC4CC4)c23)c(C)c1. The Bertz CT molecular complexity index is 935. The first kappa shape index (κ1) is 16.2. The molecule has 0 bridgehead atoms. The lowest BCUT2D eigenvalue weighted by atomic mass is 10.1. The largest absolute Gasteiger partial charge is 0.487 e. The minimum atomic E-state index is 0.509. The normalized spacial score (nSPS) is 14.2. The third-order valence-corrected chi connectivity index (χ3v) is 5.45. The molecule has 0 radical (unpaired) electrons. The van der Waals surface area contributed by atoms with Crippen LogP contribution in [0.15, 0.2) is 30.5 Å². The van der Waals surface area contributed by atoms with Crippen molar-refractivity contribution >= 4 is 10.9 Å². The second kappa shape index (κ2) is 6.21. The van der Waals surface area contributed by atoms with Gasteiger partial charge in [-0.25, -0.2) is 0 Å². The fourth-order valence-corrected chi connectivity index (χ4v) is 3.67. The van der Waals surface area contributed by atoms with Gasteiger partial charge in [-0.2, -0.15) is 0 Å². The highest BCUT2D eigenvalue weighted by Crippen LogP contribution is 2.35. The van der Waals surface area contributed by atoms with Crippen molar-refractivity contribution in [3.63, 3.8) is 0 Å². The van der Waals surface area contributed by atoms with Crippen LogP contribution in [0.4, 0.5) is 0 Å². The average molecular weight is 334 g/mol. The van der Waals surface area contributed by atoms with Gasteiger partial charge in [0.15, 0.2) is 0 Å². The van der Waals surface area contributed by atoms with E-state index in [4.69, 9.17) is 4.74 Å². The van der Waals surface area contributed by atoms with Crippen LogP contribution in [0, 0.1) is 33.6 Å². The zero-order valence-electron chi connectivity index (χ0n) is 15.6. The molecule has 1 aliphatic carbocycles. The number of benzene rings is 1. The van der Waals surface area contributed by atoms with Crippen LogP contribution in [-0.2, 0) is 13.2 Å². The molecule has 1 fully saturated rings. The second-order valence-electron chi connectivity index (χ2n) is 7.48. The monoisotopic (exact) mass is 334 g/mol. The van der Waals surface area contributed by atoms with Crippen molar-refractivity contribution in [3.8, 4) is 5.75 Å². The molecule has 1 aromatic carbocycles. The molecule has 0 spiro atoms. The van der Waals surface area contributed by atoms with Crippen LogP contribution in [0.5, 0.6) is 5.75 Å². The summed E-state index contributed by atoms with van der Waals surface area (Å²) in [5.74, 6) is 1.78. The molecule has 0 saturated heterocycles. The van der Waals surface area contributed by atoms with E-state index in [1.54, 1.807) is 0 Å². The van der Waals surface area contributed by atoms with Crippen molar-refractivity contribution in [3.05, 3.63) is 58.5 Å². The predicted molar refractivity (Wildman–Crippen MR) is 102 cm³/mol. The van der Waals surface area contributed by atoms with Gasteiger partial charge in [0.25, 0.3) is 0 Å². The molecule has 0 amide bonds. The number of pyridine rings is 1. The summed E-state index contributed by atoms with van der Waals surface area (Å²) in [6.45, 7) is 10.3. The molecule has 2 heterocycles. The molecular weight excluding hydrogens is 308 g/mol. The molecule has 1 aliphatic rings. The van der Waals surface area contributed by atoms with Gasteiger partial charge in [-0.05, 0) is 69.7 Å². The van der Waals surface area contributed by atoms with E-state index in [9.17, 15) is 0 Å². The highest BCUT2D eigenvalue weighted by molar-refractivity contribution is 5.86. The molecule has 0 aliphatic heterocycles. The molecule has 0 N–H and O–H groups in total. The van der Waals surface area contributed by atoms with Gasteiger partial charge in [0.05, 0.1) is 5.52 Å². The topological polar surface area (TPSA) is 27.1 Å². The van der Waals surface area contributed by atoms with Gasteiger partial charge in [0.2, 0.25) is 0 Å². The predicted octanol–water partition coefficient (Wildman–Crippen LogP) is 5.26. The Morgan fingerprint density at radius 3 is 2.64 bits per heavy atom. The van der Waals surface area contributed by atoms with Crippen molar-refractivity contribution in [1.82, 2.24) is 9.55 Å². The Kier molecular flexibility index (Phi) is 4.03. The third kappa shape index (κ3) is 3.04. The molecule has 3 nitrogen and oxygen atoms in total. The maximum Gasteiger partial charge on any atom is 0.132 e. The summed E-state index contributed by atoms with van der Waals surface area (Å²) in [4.78, 5) is 4.67. The van der Waals surface area contributed by atoms with Crippen LogP contribution in [0.1, 0.15) is 40.9 Å². The second-order valence-corrected chi connectivity index (χ2v) is 7.48. The van der Waals surface area contributed by atoms with E-state index in [1.807, 2.05) is 6.20 Å². The minimum Gasteiger partial charge on any atom is -0.487 e. The summed E-state index contributed by atoms with van der Waals surface area (Å²) in [7, 11) is 0. The Morgan fingerprint density at radius 2 is 1.92 bits per heavy atom. The highest BCUT2D eigenvalue weighted by Gasteiger charge is 2.25. The number of nitrogens with zero attached hydrogens (tertiary/aromatic N) is 2. The van der Waals surface area contributed by atoms with Gasteiger partial charge in [-0.3, -0.25) is 4.98 Å². The van der Waals surface area contributed by atoms with E-state index in [0.717, 1.165) is 23.9 Å². The van der Waals surface area contributed by atoms with Gasteiger partial charge in [0.1, 0.15) is 18.1 Å². The molecule has 3 aromatic rings. The zero-order valence-corrected chi connectivity index (χ0v) is 15.6. The zero-order chi connectivity index (χ0) is 17.6. The van der Waals surface area contributed by atoms with E-state index in [2.05, 4.69) is 61.5 Å². The Morgan fingerprint density at radius 1 is 1.12 bits per heavy atom. The van der Waals surface area contributed by atoms with E-state index in [-0.39, 0.29) is 0 Å². The number of ether oxygens (including phenoxy) is 1. The summed E-state index contributed by atoms with van der Waals surface area (Å²) in [6.07, 6.45) is 4.62. The number of fused-ring (bicyclic) bond motifs is 1. The first-order chi connectivity index (χ1) is 12.0. The van der Waals surface area contributed by atoms with E-state index in [0.29, 0.717) is 6.61 Å². The smallest absolute Gasteiger partial charge is 0.132 e. The molecule has 0 atom stereocenters. The number of aromatic nitrogens is 2. The molecule has 4 rings (SSSR count). The molecule has 2 aromatic heterocycles. The summed E-state index contributed by atoms with van der Waals surface area (Å²) in [5, 5.41) is 1.31. The maximum atomic E-state index is 6.13.